The average Bonchev–Trinajstić information content (AvgIpc) is 2.47. The summed E-state index contributed by atoms with van der Waals surface area (Å²) in [6, 6.07) is 9.53. The van der Waals surface area contributed by atoms with Crippen molar-refractivity contribution in [3.63, 3.8) is 0 Å². The molecule has 0 saturated carbocycles. The third-order valence-electron chi connectivity index (χ3n) is 2.63. The fraction of sp³-hybridized carbons (Fsp3) is 0.286. The van der Waals surface area contributed by atoms with Crippen LogP contribution >= 0.6 is 11.6 Å². The molecule has 20 heavy (non-hydrogen) atoms. The van der Waals surface area contributed by atoms with E-state index in [-0.39, 0.29) is 0 Å². The molecule has 0 aliphatic carbocycles. The van der Waals surface area contributed by atoms with E-state index < -0.39 is 0 Å². The number of ether oxygens (including phenoxy) is 1. The number of aromatic nitrogens is 2. The highest BCUT2D eigenvalue weighted by Gasteiger charge is 1.99. The Hall–Kier alpha value is -1.85. The fourth-order valence-corrected chi connectivity index (χ4v) is 1.73. The van der Waals surface area contributed by atoms with E-state index in [9.17, 15) is 0 Å². The topological polar surface area (TPSA) is 59.1 Å². The van der Waals surface area contributed by atoms with Gasteiger partial charge in [-0.3, -0.25) is 0 Å². The summed E-state index contributed by atoms with van der Waals surface area (Å²) in [5, 5.41) is 7.07. The van der Waals surface area contributed by atoms with E-state index in [1.807, 2.05) is 30.3 Å². The second-order valence-corrected chi connectivity index (χ2v) is 4.60. The van der Waals surface area contributed by atoms with E-state index in [1.165, 1.54) is 0 Å². The van der Waals surface area contributed by atoms with Crippen LogP contribution in [0.1, 0.15) is 5.56 Å². The molecule has 0 aliphatic heterocycles. The minimum absolute atomic E-state index is 0.586. The van der Waals surface area contributed by atoms with E-state index >= 15 is 0 Å². The Morgan fingerprint density at radius 2 is 1.95 bits per heavy atom. The van der Waals surface area contributed by atoms with Gasteiger partial charge in [-0.15, -0.1) is 0 Å². The normalized spacial score (nSPS) is 10.3. The molecule has 0 aliphatic rings. The molecule has 0 radical (unpaired) electrons. The minimum atomic E-state index is 0.586. The predicted molar refractivity (Wildman–Crippen MR) is 81.2 cm³/mol. The van der Waals surface area contributed by atoms with E-state index in [1.54, 1.807) is 13.3 Å². The molecular weight excluding hydrogens is 276 g/mol. The lowest BCUT2D eigenvalue weighted by atomic mass is 10.2. The number of methoxy groups -OCH3 is 1. The minimum Gasteiger partial charge on any atom is -0.383 e. The lowest BCUT2D eigenvalue weighted by Crippen LogP contribution is -2.11. The number of halogens is 1. The first-order valence-electron chi connectivity index (χ1n) is 6.32. The van der Waals surface area contributed by atoms with Gasteiger partial charge in [0, 0.05) is 31.4 Å². The van der Waals surface area contributed by atoms with Crippen molar-refractivity contribution >= 4 is 23.4 Å². The Balaban J connectivity index is 1.89. The van der Waals surface area contributed by atoms with Crippen LogP contribution in [0.25, 0.3) is 0 Å². The van der Waals surface area contributed by atoms with Gasteiger partial charge in [0.15, 0.2) is 0 Å². The summed E-state index contributed by atoms with van der Waals surface area (Å²) >= 11 is 5.85. The van der Waals surface area contributed by atoms with Gasteiger partial charge in [0.25, 0.3) is 0 Å². The number of hydrogen-bond acceptors (Lipinski definition) is 5. The van der Waals surface area contributed by atoms with Crippen LogP contribution in [0.5, 0.6) is 0 Å². The van der Waals surface area contributed by atoms with Crippen LogP contribution < -0.4 is 10.6 Å². The first-order chi connectivity index (χ1) is 9.78. The summed E-state index contributed by atoms with van der Waals surface area (Å²) in [7, 11) is 1.66. The van der Waals surface area contributed by atoms with Crippen molar-refractivity contribution in [2.75, 3.05) is 30.9 Å². The van der Waals surface area contributed by atoms with Gasteiger partial charge in [-0.05, 0) is 23.8 Å². The molecule has 1 heterocycles. The molecule has 0 spiro atoms. The number of nitrogens with zero attached hydrogens (tertiary/aromatic N) is 2. The van der Waals surface area contributed by atoms with E-state index in [0.29, 0.717) is 25.6 Å². The molecule has 0 bridgehead atoms. The monoisotopic (exact) mass is 292 g/mol. The van der Waals surface area contributed by atoms with Crippen LogP contribution in [-0.4, -0.2) is 30.2 Å². The number of anilines is 2. The maximum Gasteiger partial charge on any atom is 0.224 e. The number of hydrogen-bond donors (Lipinski definition) is 2. The Labute approximate surface area is 123 Å². The van der Waals surface area contributed by atoms with E-state index in [0.717, 1.165) is 16.4 Å². The summed E-state index contributed by atoms with van der Waals surface area (Å²) < 4.78 is 4.96. The molecule has 106 valence electrons. The maximum absolute atomic E-state index is 5.85. The molecule has 2 aromatic rings. The van der Waals surface area contributed by atoms with Crippen LogP contribution in [0.2, 0.25) is 5.02 Å². The van der Waals surface area contributed by atoms with Gasteiger partial charge in [0.2, 0.25) is 5.95 Å². The number of nitrogens with one attached hydrogen (secondary N) is 2. The Morgan fingerprint density at radius 1 is 1.15 bits per heavy atom. The molecule has 2 rings (SSSR count). The highest BCUT2D eigenvalue weighted by molar-refractivity contribution is 6.30. The molecule has 1 aromatic carbocycles. The lowest BCUT2D eigenvalue weighted by Gasteiger charge is -2.08. The molecule has 0 amide bonds. The van der Waals surface area contributed by atoms with Crippen molar-refractivity contribution in [3.8, 4) is 0 Å². The molecular formula is C14H17ClN4O. The molecule has 0 saturated heterocycles. The van der Waals surface area contributed by atoms with Crippen molar-refractivity contribution < 1.29 is 4.74 Å². The predicted octanol–water partition coefficient (Wildman–Crippen LogP) is 2.80. The molecule has 0 atom stereocenters. The fourth-order valence-electron chi connectivity index (χ4n) is 1.60. The third kappa shape index (κ3) is 4.68. The van der Waals surface area contributed by atoms with Gasteiger partial charge in [-0.2, -0.15) is 4.98 Å². The van der Waals surface area contributed by atoms with Crippen molar-refractivity contribution in [1.82, 2.24) is 9.97 Å². The second-order valence-electron chi connectivity index (χ2n) is 4.17. The van der Waals surface area contributed by atoms with Gasteiger partial charge >= 0.3 is 0 Å². The Kier molecular flexibility index (Phi) is 5.58. The van der Waals surface area contributed by atoms with Crippen molar-refractivity contribution in [1.29, 1.82) is 0 Å². The lowest BCUT2D eigenvalue weighted by molar-refractivity contribution is 0.210. The standard InChI is InChI=1S/C14H17ClN4O/c1-20-9-8-17-14-16-7-6-13(19-14)18-10-11-2-4-12(15)5-3-11/h2-7H,8-10H2,1H3,(H2,16,17,18,19). The molecule has 5 nitrogen and oxygen atoms in total. The van der Waals surface area contributed by atoms with Gasteiger partial charge in [0.05, 0.1) is 6.61 Å². The molecule has 0 unspecified atom stereocenters. The molecule has 1 aromatic heterocycles. The Bertz CT molecular complexity index is 533. The number of rotatable bonds is 7. The van der Waals surface area contributed by atoms with Gasteiger partial charge in [0.1, 0.15) is 5.82 Å². The summed E-state index contributed by atoms with van der Waals surface area (Å²) in [6.07, 6.45) is 1.71. The summed E-state index contributed by atoms with van der Waals surface area (Å²) in [5.41, 5.74) is 1.14. The van der Waals surface area contributed by atoms with Crippen LogP contribution in [0.4, 0.5) is 11.8 Å². The zero-order valence-electron chi connectivity index (χ0n) is 11.3. The highest BCUT2D eigenvalue weighted by atomic mass is 35.5. The molecule has 0 fully saturated rings. The van der Waals surface area contributed by atoms with Crippen molar-refractivity contribution in [3.05, 3.63) is 47.1 Å². The molecule has 2 N–H and O–H groups in total. The van der Waals surface area contributed by atoms with Crippen molar-refractivity contribution in [2.45, 2.75) is 6.54 Å². The van der Waals surface area contributed by atoms with Gasteiger partial charge < -0.3 is 15.4 Å². The quantitative estimate of drug-likeness (QED) is 0.769. The summed E-state index contributed by atoms with van der Waals surface area (Å²) in [5.74, 6) is 1.36. The summed E-state index contributed by atoms with van der Waals surface area (Å²) in [6.45, 7) is 1.98. The Morgan fingerprint density at radius 3 is 2.70 bits per heavy atom. The first-order valence-corrected chi connectivity index (χ1v) is 6.70. The summed E-state index contributed by atoms with van der Waals surface area (Å²) in [4.78, 5) is 8.50. The zero-order chi connectivity index (χ0) is 14.2. The highest BCUT2D eigenvalue weighted by Crippen LogP contribution is 2.11. The number of benzene rings is 1. The van der Waals surface area contributed by atoms with Crippen LogP contribution in [0.3, 0.4) is 0 Å². The first kappa shape index (κ1) is 14.6. The van der Waals surface area contributed by atoms with Crippen LogP contribution in [-0.2, 0) is 11.3 Å². The van der Waals surface area contributed by atoms with E-state index in [2.05, 4.69) is 20.6 Å². The molecule has 6 heteroatoms. The second kappa shape index (κ2) is 7.67. The van der Waals surface area contributed by atoms with Crippen LogP contribution in [0, 0.1) is 0 Å². The van der Waals surface area contributed by atoms with Crippen molar-refractivity contribution in [2.24, 2.45) is 0 Å². The zero-order valence-corrected chi connectivity index (χ0v) is 12.0. The van der Waals surface area contributed by atoms with Gasteiger partial charge in [-0.25, -0.2) is 4.98 Å². The third-order valence-corrected chi connectivity index (χ3v) is 2.88. The maximum atomic E-state index is 5.85. The van der Waals surface area contributed by atoms with Crippen LogP contribution in [0.15, 0.2) is 36.5 Å². The smallest absolute Gasteiger partial charge is 0.224 e. The SMILES string of the molecule is COCCNc1nccc(NCc2ccc(Cl)cc2)n1. The largest absolute Gasteiger partial charge is 0.383 e. The average molecular weight is 293 g/mol. The van der Waals surface area contributed by atoms with E-state index in [4.69, 9.17) is 16.3 Å². The van der Waals surface area contributed by atoms with Gasteiger partial charge in [-0.1, -0.05) is 23.7 Å².